The summed E-state index contributed by atoms with van der Waals surface area (Å²) >= 11 is 0. The molecule has 210 valence electrons. The molecule has 5 rings (SSSR count). The molecular weight excluding hydrogens is 513 g/mol. The zero-order valence-electron chi connectivity index (χ0n) is 21.9. The summed E-state index contributed by atoms with van der Waals surface area (Å²) in [7, 11) is 0. The molecule has 4 heterocycles. The molecule has 3 fully saturated rings. The number of hydrogen-bond donors (Lipinski definition) is 1. The van der Waals surface area contributed by atoms with Crippen LogP contribution in [0.15, 0.2) is 42.1 Å². The Morgan fingerprint density at radius 1 is 1.10 bits per heavy atom. The van der Waals surface area contributed by atoms with Gasteiger partial charge < -0.3 is 29.3 Å². The maximum absolute atomic E-state index is 12.8. The van der Waals surface area contributed by atoms with Gasteiger partial charge in [-0.2, -0.15) is 13.2 Å². The number of aromatic nitrogens is 1. The SMILES string of the molecule is Cc1ccc(NC(=O)N2CC/C(=C\C(F)(F)F)C2)cc1-c1cnc(OC2CCOCC2)c(N2CCOCC2)c1. The quantitative estimate of drug-likeness (QED) is 0.521. The summed E-state index contributed by atoms with van der Waals surface area (Å²) in [5, 5.41) is 2.84. The maximum Gasteiger partial charge on any atom is 0.409 e. The average molecular weight is 547 g/mol. The number of carbonyl (C=O) groups is 1. The van der Waals surface area contributed by atoms with Gasteiger partial charge in [0.2, 0.25) is 5.88 Å². The van der Waals surface area contributed by atoms with Crippen molar-refractivity contribution in [3.05, 3.63) is 47.7 Å². The number of morpholine rings is 1. The predicted molar refractivity (Wildman–Crippen MR) is 141 cm³/mol. The third kappa shape index (κ3) is 7.02. The van der Waals surface area contributed by atoms with Crippen molar-refractivity contribution in [2.24, 2.45) is 0 Å². The van der Waals surface area contributed by atoms with E-state index >= 15 is 0 Å². The lowest BCUT2D eigenvalue weighted by Gasteiger charge is -2.31. The Morgan fingerprint density at radius 2 is 1.85 bits per heavy atom. The van der Waals surface area contributed by atoms with Gasteiger partial charge in [-0.1, -0.05) is 6.07 Å². The largest absolute Gasteiger partial charge is 0.473 e. The first-order valence-electron chi connectivity index (χ1n) is 13.3. The van der Waals surface area contributed by atoms with Crippen molar-refractivity contribution < 1.29 is 32.2 Å². The van der Waals surface area contributed by atoms with E-state index in [0.29, 0.717) is 44.1 Å². The number of anilines is 2. The fraction of sp³-hybridized carbons (Fsp3) is 0.500. The van der Waals surface area contributed by atoms with Crippen LogP contribution in [0.1, 0.15) is 24.8 Å². The van der Waals surface area contributed by atoms with Gasteiger partial charge in [0.15, 0.2) is 0 Å². The van der Waals surface area contributed by atoms with Crippen LogP contribution in [0.25, 0.3) is 11.1 Å². The molecule has 1 aromatic carbocycles. The predicted octanol–water partition coefficient (Wildman–Crippen LogP) is 5.18. The van der Waals surface area contributed by atoms with Gasteiger partial charge in [0, 0.05) is 62.5 Å². The third-order valence-electron chi connectivity index (χ3n) is 7.18. The zero-order valence-corrected chi connectivity index (χ0v) is 21.9. The number of carbonyl (C=O) groups excluding carboxylic acids is 1. The van der Waals surface area contributed by atoms with Gasteiger partial charge in [-0.15, -0.1) is 0 Å². The van der Waals surface area contributed by atoms with Crippen LogP contribution in [-0.4, -0.2) is 80.8 Å². The molecule has 0 unspecified atom stereocenters. The summed E-state index contributed by atoms with van der Waals surface area (Å²) in [6, 6.07) is 7.20. The topological polar surface area (TPSA) is 76.2 Å². The zero-order chi connectivity index (χ0) is 27.4. The number of amides is 2. The number of alkyl halides is 3. The van der Waals surface area contributed by atoms with E-state index in [1.165, 1.54) is 4.90 Å². The monoisotopic (exact) mass is 546 g/mol. The molecule has 3 aliphatic heterocycles. The van der Waals surface area contributed by atoms with E-state index < -0.39 is 12.2 Å². The molecule has 8 nitrogen and oxygen atoms in total. The second-order valence-electron chi connectivity index (χ2n) is 10.1. The lowest BCUT2D eigenvalue weighted by molar-refractivity contribution is -0.0806. The van der Waals surface area contributed by atoms with Crippen LogP contribution in [0.5, 0.6) is 5.88 Å². The molecule has 2 aromatic rings. The second kappa shape index (κ2) is 11.8. The number of nitrogens with zero attached hydrogens (tertiary/aromatic N) is 3. The highest BCUT2D eigenvalue weighted by molar-refractivity contribution is 5.91. The van der Waals surface area contributed by atoms with E-state index in [-0.39, 0.29) is 31.2 Å². The minimum atomic E-state index is -4.38. The van der Waals surface area contributed by atoms with E-state index in [2.05, 4.69) is 16.3 Å². The molecular formula is C28H33F3N4O4. The van der Waals surface area contributed by atoms with Crippen LogP contribution in [0.4, 0.5) is 29.3 Å². The summed E-state index contributed by atoms with van der Waals surface area (Å²) in [6.45, 7) is 6.23. The highest BCUT2D eigenvalue weighted by Gasteiger charge is 2.29. The molecule has 0 bridgehead atoms. The first kappa shape index (κ1) is 27.3. The Bertz CT molecular complexity index is 1210. The summed E-state index contributed by atoms with van der Waals surface area (Å²) in [5.74, 6) is 0.589. The van der Waals surface area contributed by atoms with Gasteiger partial charge in [0.25, 0.3) is 0 Å². The average Bonchev–Trinajstić information content (AvgIpc) is 3.38. The van der Waals surface area contributed by atoms with Gasteiger partial charge in [-0.3, -0.25) is 0 Å². The number of pyridine rings is 1. The highest BCUT2D eigenvalue weighted by atomic mass is 19.4. The number of hydrogen-bond acceptors (Lipinski definition) is 6. The molecule has 0 aliphatic carbocycles. The van der Waals surface area contributed by atoms with Gasteiger partial charge in [0.05, 0.1) is 26.4 Å². The molecule has 11 heteroatoms. The minimum Gasteiger partial charge on any atom is -0.473 e. The molecule has 0 saturated carbocycles. The van der Waals surface area contributed by atoms with Gasteiger partial charge in [-0.25, -0.2) is 9.78 Å². The van der Waals surface area contributed by atoms with Crippen molar-refractivity contribution in [3.8, 4) is 17.0 Å². The van der Waals surface area contributed by atoms with Crippen molar-refractivity contribution in [1.29, 1.82) is 0 Å². The lowest BCUT2D eigenvalue weighted by Crippen LogP contribution is -2.37. The molecule has 3 aliphatic rings. The lowest BCUT2D eigenvalue weighted by atomic mass is 10.0. The number of allylic oxidation sites excluding steroid dienone is 1. The number of benzene rings is 1. The fourth-order valence-corrected chi connectivity index (χ4v) is 5.08. The van der Waals surface area contributed by atoms with Crippen LogP contribution < -0.4 is 15.0 Å². The molecule has 0 atom stereocenters. The van der Waals surface area contributed by atoms with Crippen molar-refractivity contribution >= 4 is 17.4 Å². The van der Waals surface area contributed by atoms with Crippen LogP contribution in [-0.2, 0) is 9.47 Å². The van der Waals surface area contributed by atoms with Crippen molar-refractivity contribution in [2.45, 2.75) is 38.5 Å². The van der Waals surface area contributed by atoms with Gasteiger partial charge in [0.1, 0.15) is 11.8 Å². The van der Waals surface area contributed by atoms with Crippen molar-refractivity contribution in [3.63, 3.8) is 0 Å². The van der Waals surface area contributed by atoms with Crippen LogP contribution in [0.3, 0.4) is 0 Å². The summed E-state index contributed by atoms with van der Waals surface area (Å²) in [4.78, 5) is 21.1. The van der Waals surface area contributed by atoms with E-state index in [0.717, 1.165) is 48.3 Å². The summed E-state index contributed by atoms with van der Waals surface area (Å²) in [6.07, 6.45) is -0.416. The van der Waals surface area contributed by atoms with E-state index in [1.807, 2.05) is 19.1 Å². The van der Waals surface area contributed by atoms with E-state index in [1.54, 1.807) is 12.3 Å². The Labute approximate surface area is 225 Å². The third-order valence-corrected chi connectivity index (χ3v) is 7.18. The van der Waals surface area contributed by atoms with Crippen LogP contribution in [0.2, 0.25) is 0 Å². The normalized spacial score (nSPS) is 19.9. The molecule has 0 spiro atoms. The number of rotatable bonds is 5. The smallest absolute Gasteiger partial charge is 0.409 e. The van der Waals surface area contributed by atoms with Crippen LogP contribution in [0, 0.1) is 6.92 Å². The summed E-state index contributed by atoms with van der Waals surface area (Å²) < 4.78 is 55.4. The van der Waals surface area contributed by atoms with E-state index in [4.69, 9.17) is 19.2 Å². The van der Waals surface area contributed by atoms with E-state index in [9.17, 15) is 18.0 Å². The molecule has 39 heavy (non-hydrogen) atoms. The first-order valence-corrected chi connectivity index (χ1v) is 13.3. The number of nitrogens with one attached hydrogen (secondary N) is 1. The molecule has 2 amide bonds. The Balaban J connectivity index is 1.36. The maximum atomic E-state index is 12.8. The number of halogens is 3. The number of likely N-dealkylation sites (tertiary alicyclic amines) is 1. The highest BCUT2D eigenvalue weighted by Crippen LogP contribution is 2.35. The van der Waals surface area contributed by atoms with Crippen molar-refractivity contribution in [1.82, 2.24) is 9.88 Å². The number of urea groups is 1. The van der Waals surface area contributed by atoms with Crippen LogP contribution >= 0.6 is 0 Å². The second-order valence-corrected chi connectivity index (χ2v) is 10.1. The Kier molecular flexibility index (Phi) is 8.27. The van der Waals surface area contributed by atoms with Gasteiger partial charge >= 0.3 is 12.2 Å². The minimum absolute atomic E-state index is 0.0362. The van der Waals surface area contributed by atoms with Crippen molar-refractivity contribution in [2.75, 3.05) is 62.8 Å². The summed E-state index contributed by atoms with van der Waals surface area (Å²) in [5.41, 5.74) is 4.43. The molecule has 1 aromatic heterocycles. The Hall–Kier alpha value is -3.31. The molecule has 1 N–H and O–H groups in total. The Morgan fingerprint density at radius 3 is 2.59 bits per heavy atom. The van der Waals surface area contributed by atoms with Gasteiger partial charge in [-0.05, 0) is 48.2 Å². The molecule has 0 radical (unpaired) electrons. The number of ether oxygens (including phenoxy) is 3. The number of aryl methyl sites for hydroxylation is 1. The first-order chi connectivity index (χ1) is 18.7. The standard InChI is InChI=1S/C28H33F3N4O4/c1-19-2-3-22(33-27(36)35-7-4-20(18-35)16-28(29,30)31)15-24(19)21-14-25(34-8-12-38-13-9-34)26(32-17-21)39-23-5-10-37-11-6-23/h2-3,14-17,23H,4-13,18H2,1H3,(H,33,36)/b20-16+. The fourth-order valence-electron chi connectivity index (χ4n) is 5.08. The molecule has 3 saturated heterocycles.